The summed E-state index contributed by atoms with van der Waals surface area (Å²) in [6, 6.07) is 14.8. The third-order valence-electron chi connectivity index (χ3n) is 6.14. The molecule has 4 rings (SSSR count). The second-order valence-electron chi connectivity index (χ2n) is 7.75. The lowest BCUT2D eigenvalue weighted by Crippen LogP contribution is -2.56. The molecule has 2 atom stereocenters. The number of methoxy groups -OCH3 is 1. The van der Waals surface area contributed by atoms with Gasteiger partial charge in [0.15, 0.2) is 0 Å². The van der Waals surface area contributed by atoms with Crippen LogP contribution >= 0.6 is 11.6 Å². The second kappa shape index (κ2) is 8.52. The summed E-state index contributed by atoms with van der Waals surface area (Å²) < 4.78 is 5.19. The Morgan fingerprint density at radius 2 is 1.93 bits per heavy atom. The van der Waals surface area contributed by atoms with Crippen LogP contribution in [0.15, 0.2) is 60.7 Å². The summed E-state index contributed by atoms with van der Waals surface area (Å²) in [7, 11) is 1.62. The van der Waals surface area contributed by atoms with Crippen molar-refractivity contribution in [1.82, 2.24) is 5.32 Å². The van der Waals surface area contributed by atoms with Crippen molar-refractivity contribution in [1.29, 1.82) is 0 Å². The highest BCUT2D eigenvalue weighted by Gasteiger charge is 2.55. The number of rotatable bonds is 5. The summed E-state index contributed by atoms with van der Waals surface area (Å²) in [5.74, 6) is 0.196. The summed E-state index contributed by atoms with van der Waals surface area (Å²) in [4.78, 5) is 28.0. The van der Waals surface area contributed by atoms with Crippen LogP contribution in [0.5, 0.6) is 5.75 Å². The maximum Gasteiger partial charge on any atom is 0.244 e. The van der Waals surface area contributed by atoms with Crippen molar-refractivity contribution in [2.75, 3.05) is 17.9 Å². The van der Waals surface area contributed by atoms with Gasteiger partial charge in [0.25, 0.3) is 0 Å². The molecule has 2 aromatic carbocycles. The van der Waals surface area contributed by atoms with E-state index in [1.165, 1.54) is 0 Å². The zero-order valence-electron chi connectivity index (χ0n) is 16.9. The number of fused-ring (bicyclic) bond motifs is 2. The minimum absolute atomic E-state index is 0.157. The van der Waals surface area contributed by atoms with Crippen LogP contribution in [0.4, 0.5) is 5.69 Å². The van der Waals surface area contributed by atoms with Crippen molar-refractivity contribution in [2.24, 2.45) is 0 Å². The van der Waals surface area contributed by atoms with E-state index in [9.17, 15) is 9.59 Å². The Kier molecular flexibility index (Phi) is 5.82. The molecule has 0 radical (unpaired) electrons. The van der Waals surface area contributed by atoms with Crippen molar-refractivity contribution < 1.29 is 14.3 Å². The van der Waals surface area contributed by atoms with Gasteiger partial charge in [-0.1, -0.05) is 42.5 Å². The summed E-state index contributed by atoms with van der Waals surface area (Å²) in [6.07, 6.45) is 6.67. The fourth-order valence-corrected chi connectivity index (χ4v) is 4.85. The van der Waals surface area contributed by atoms with Gasteiger partial charge in [0, 0.05) is 17.6 Å². The van der Waals surface area contributed by atoms with E-state index in [2.05, 4.69) is 17.5 Å². The first-order valence-corrected chi connectivity index (χ1v) is 10.7. The maximum absolute atomic E-state index is 13.5. The molecule has 1 spiro atoms. The Hall–Kier alpha value is -2.79. The molecular weight excluding hydrogens is 400 g/mol. The SMILES string of the molecule is COc1ccc(CNC(=O)[C@@H]2N(C(=O)CCl)c3ccccc3[C@@]23CC=CCC3)cc1. The smallest absolute Gasteiger partial charge is 0.244 e. The first kappa shape index (κ1) is 20.5. The molecule has 2 aromatic rings. The number of alkyl halides is 1. The second-order valence-corrected chi connectivity index (χ2v) is 8.02. The predicted molar refractivity (Wildman–Crippen MR) is 118 cm³/mol. The summed E-state index contributed by atoms with van der Waals surface area (Å²) in [6.45, 7) is 0.379. The molecule has 2 aliphatic rings. The molecule has 0 unspecified atom stereocenters. The van der Waals surface area contributed by atoms with Gasteiger partial charge in [0.2, 0.25) is 11.8 Å². The van der Waals surface area contributed by atoms with Gasteiger partial charge in [-0.05, 0) is 48.6 Å². The number of carbonyl (C=O) groups excluding carboxylic acids is 2. The average molecular weight is 425 g/mol. The summed E-state index contributed by atoms with van der Waals surface area (Å²) in [5.41, 5.74) is 2.38. The minimum Gasteiger partial charge on any atom is -0.497 e. The van der Waals surface area contributed by atoms with Gasteiger partial charge >= 0.3 is 0 Å². The average Bonchev–Trinajstić information content (AvgIpc) is 3.07. The molecule has 0 saturated carbocycles. The topological polar surface area (TPSA) is 58.6 Å². The Balaban J connectivity index is 1.66. The van der Waals surface area contributed by atoms with Gasteiger partial charge in [-0.15, -0.1) is 11.6 Å². The van der Waals surface area contributed by atoms with E-state index in [-0.39, 0.29) is 17.7 Å². The van der Waals surface area contributed by atoms with Crippen LogP contribution < -0.4 is 15.0 Å². The normalized spacial score (nSPS) is 22.1. The van der Waals surface area contributed by atoms with Gasteiger partial charge in [-0.2, -0.15) is 0 Å². The number of hydrogen-bond donors (Lipinski definition) is 1. The quantitative estimate of drug-likeness (QED) is 0.584. The molecule has 30 heavy (non-hydrogen) atoms. The Labute approximate surface area is 181 Å². The van der Waals surface area contributed by atoms with Crippen molar-refractivity contribution in [2.45, 2.75) is 37.3 Å². The number of nitrogens with one attached hydrogen (secondary N) is 1. The highest BCUT2D eigenvalue weighted by atomic mass is 35.5. The van der Waals surface area contributed by atoms with Crippen molar-refractivity contribution in [3.63, 3.8) is 0 Å². The lowest BCUT2D eigenvalue weighted by molar-refractivity contribution is -0.127. The first-order chi connectivity index (χ1) is 14.6. The van der Waals surface area contributed by atoms with Crippen LogP contribution in [0.1, 0.15) is 30.4 Å². The Morgan fingerprint density at radius 1 is 1.17 bits per heavy atom. The van der Waals surface area contributed by atoms with Gasteiger partial charge in [0.1, 0.15) is 17.7 Å². The van der Waals surface area contributed by atoms with Crippen LogP contribution in [0.3, 0.4) is 0 Å². The number of amides is 2. The molecule has 2 amide bonds. The van der Waals surface area contributed by atoms with E-state index in [1.54, 1.807) is 12.0 Å². The molecule has 1 N–H and O–H groups in total. The van der Waals surface area contributed by atoms with Crippen LogP contribution in [0.25, 0.3) is 0 Å². The Morgan fingerprint density at radius 3 is 2.60 bits per heavy atom. The summed E-state index contributed by atoms with van der Waals surface area (Å²) >= 11 is 5.95. The molecule has 5 nitrogen and oxygen atoms in total. The number of carbonyl (C=O) groups is 2. The van der Waals surface area contributed by atoms with Gasteiger partial charge in [-0.25, -0.2) is 0 Å². The van der Waals surface area contributed by atoms with E-state index >= 15 is 0 Å². The molecular formula is C24H25ClN2O3. The van der Waals surface area contributed by atoms with E-state index < -0.39 is 11.5 Å². The monoisotopic (exact) mass is 424 g/mol. The fraction of sp³-hybridized carbons (Fsp3) is 0.333. The van der Waals surface area contributed by atoms with Crippen molar-refractivity contribution in [3.8, 4) is 5.75 Å². The standard InChI is InChI=1S/C24H25ClN2O3/c1-30-18-11-9-17(10-12-18)16-26-23(29)22-24(13-5-2-6-14-24)19-7-3-4-8-20(19)27(22)21(28)15-25/h2-5,7-12,22H,6,13-16H2,1H3,(H,26,29)/t22-,24-/m0/s1. The zero-order valence-corrected chi connectivity index (χ0v) is 17.7. The third-order valence-corrected chi connectivity index (χ3v) is 6.37. The number of anilines is 1. The number of nitrogens with zero attached hydrogens (tertiary/aromatic N) is 1. The number of hydrogen-bond acceptors (Lipinski definition) is 3. The molecule has 156 valence electrons. The van der Waals surface area contributed by atoms with Crippen LogP contribution in [0.2, 0.25) is 0 Å². The van der Waals surface area contributed by atoms with Crippen LogP contribution in [-0.4, -0.2) is 30.8 Å². The fourth-order valence-electron chi connectivity index (χ4n) is 4.73. The van der Waals surface area contributed by atoms with E-state index in [0.717, 1.165) is 41.8 Å². The molecule has 1 heterocycles. The largest absolute Gasteiger partial charge is 0.497 e. The first-order valence-electron chi connectivity index (χ1n) is 10.1. The molecule has 0 aromatic heterocycles. The number of halogens is 1. The van der Waals surface area contributed by atoms with Crippen molar-refractivity contribution in [3.05, 3.63) is 71.8 Å². The Bertz CT molecular complexity index is 973. The molecule has 1 aliphatic carbocycles. The van der Waals surface area contributed by atoms with Gasteiger partial charge in [0.05, 0.1) is 7.11 Å². The van der Waals surface area contributed by atoms with Crippen molar-refractivity contribution >= 4 is 29.1 Å². The van der Waals surface area contributed by atoms with Gasteiger partial charge < -0.3 is 10.1 Å². The third kappa shape index (κ3) is 3.47. The molecule has 0 saturated heterocycles. The molecule has 6 heteroatoms. The minimum atomic E-state index is -0.621. The lowest BCUT2D eigenvalue weighted by atomic mass is 9.68. The molecule has 0 bridgehead atoms. The van der Waals surface area contributed by atoms with E-state index in [0.29, 0.717) is 6.54 Å². The highest BCUT2D eigenvalue weighted by molar-refractivity contribution is 6.30. The number of allylic oxidation sites excluding steroid dienone is 2. The number of ether oxygens (including phenoxy) is 1. The highest BCUT2D eigenvalue weighted by Crippen LogP contribution is 2.52. The number of para-hydroxylation sites is 1. The number of benzene rings is 2. The lowest BCUT2D eigenvalue weighted by Gasteiger charge is -2.38. The van der Waals surface area contributed by atoms with E-state index in [1.807, 2.05) is 48.5 Å². The van der Waals surface area contributed by atoms with Crippen LogP contribution in [-0.2, 0) is 21.5 Å². The van der Waals surface area contributed by atoms with Gasteiger partial charge in [-0.3, -0.25) is 14.5 Å². The van der Waals surface area contributed by atoms with Crippen LogP contribution in [0, 0.1) is 0 Å². The summed E-state index contributed by atoms with van der Waals surface area (Å²) in [5, 5.41) is 3.05. The van der Waals surface area contributed by atoms with E-state index in [4.69, 9.17) is 16.3 Å². The molecule has 0 fully saturated rings. The zero-order chi connectivity index (χ0) is 21.1. The predicted octanol–water partition coefficient (Wildman–Crippen LogP) is 3.94. The molecule has 1 aliphatic heterocycles. The maximum atomic E-state index is 13.5.